The van der Waals surface area contributed by atoms with Gasteiger partial charge in [0.1, 0.15) is 11.6 Å². The molecule has 2 aromatic carbocycles. The van der Waals surface area contributed by atoms with Gasteiger partial charge in [-0.1, -0.05) is 28.1 Å². The lowest BCUT2D eigenvalue weighted by atomic mass is 10.1. The van der Waals surface area contributed by atoms with Crippen molar-refractivity contribution in [2.45, 2.75) is 25.5 Å². The molecule has 0 saturated carbocycles. The van der Waals surface area contributed by atoms with E-state index in [0.29, 0.717) is 18.8 Å². The number of benzene rings is 2. The summed E-state index contributed by atoms with van der Waals surface area (Å²) in [5.74, 6) is 0.234. The Kier molecular flexibility index (Phi) is 6.63. The molecular formula is C20H21BrFNO3. The fourth-order valence-electron chi connectivity index (χ4n) is 2.87. The second-order valence-electron chi connectivity index (χ2n) is 6.28. The number of amides is 1. The molecule has 1 saturated heterocycles. The molecule has 3 rings (SSSR count). The molecule has 0 aromatic heterocycles. The van der Waals surface area contributed by atoms with Gasteiger partial charge in [0, 0.05) is 24.2 Å². The van der Waals surface area contributed by atoms with Crippen LogP contribution in [0.3, 0.4) is 0 Å². The van der Waals surface area contributed by atoms with Gasteiger partial charge in [0.2, 0.25) is 0 Å². The summed E-state index contributed by atoms with van der Waals surface area (Å²) in [5, 5.41) is 0. The van der Waals surface area contributed by atoms with Crippen molar-refractivity contribution in [1.82, 2.24) is 4.90 Å². The molecule has 2 aromatic rings. The molecule has 1 fully saturated rings. The molecule has 6 heteroatoms. The summed E-state index contributed by atoms with van der Waals surface area (Å²) in [6, 6.07) is 13.5. The minimum absolute atomic E-state index is 0.0461. The van der Waals surface area contributed by atoms with Crippen LogP contribution >= 0.6 is 15.9 Å². The van der Waals surface area contributed by atoms with Crippen molar-refractivity contribution >= 4 is 21.8 Å². The van der Waals surface area contributed by atoms with Gasteiger partial charge < -0.3 is 14.4 Å². The number of carbonyl (C=O) groups is 1. The average Bonchev–Trinajstić information content (AvgIpc) is 3.15. The Balaban J connectivity index is 1.63. The van der Waals surface area contributed by atoms with E-state index < -0.39 is 0 Å². The van der Waals surface area contributed by atoms with E-state index in [-0.39, 0.29) is 24.4 Å². The molecule has 0 spiro atoms. The summed E-state index contributed by atoms with van der Waals surface area (Å²) in [4.78, 5) is 14.4. The zero-order valence-corrected chi connectivity index (χ0v) is 16.0. The van der Waals surface area contributed by atoms with Crippen LogP contribution in [-0.4, -0.2) is 36.7 Å². The predicted octanol–water partition coefficient (Wildman–Crippen LogP) is 4.17. The standard InChI is InChI=1S/C20H21BrFNO3/c21-16-5-9-18(10-6-16)26-14-20(24)23(13-19-2-1-11-25-19)12-15-3-7-17(22)8-4-15/h3-10,19H,1-2,11-14H2. The molecule has 1 heterocycles. The Morgan fingerprint density at radius 2 is 1.92 bits per heavy atom. The van der Waals surface area contributed by atoms with Crippen LogP contribution in [-0.2, 0) is 16.1 Å². The van der Waals surface area contributed by atoms with Crippen LogP contribution in [0.2, 0.25) is 0 Å². The lowest BCUT2D eigenvalue weighted by Gasteiger charge is -2.25. The zero-order chi connectivity index (χ0) is 18.4. The third kappa shape index (κ3) is 5.54. The van der Waals surface area contributed by atoms with Crippen LogP contribution in [0, 0.1) is 5.82 Å². The van der Waals surface area contributed by atoms with Gasteiger partial charge in [-0.15, -0.1) is 0 Å². The van der Waals surface area contributed by atoms with Crippen LogP contribution in [0.15, 0.2) is 53.0 Å². The third-order valence-corrected chi connectivity index (χ3v) is 4.79. The van der Waals surface area contributed by atoms with E-state index in [1.807, 2.05) is 24.3 Å². The molecule has 1 unspecified atom stereocenters. The highest BCUT2D eigenvalue weighted by Crippen LogP contribution is 2.18. The average molecular weight is 422 g/mol. The molecule has 0 N–H and O–H groups in total. The van der Waals surface area contributed by atoms with Gasteiger partial charge in [0.05, 0.1) is 6.10 Å². The molecule has 1 aliphatic rings. The molecule has 0 bridgehead atoms. The van der Waals surface area contributed by atoms with E-state index in [4.69, 9.17) is 9.47 Å². The summed E-state index contributed by atoms with van der Waals surface area (Å²) in [7, 11) is 0. The number of hydrogen-bond acceptors (Lipinski definition) is 3. The van der Waals surface area contributed by atoms with Crippen LogP contribution in [0.5, 0.6) is 5.75 Å². The Labute approximate surface area is 161 Å². The highest BCUT2D eigenvalue weighted by atomic mass is 79.9. The first-order valence-electron chi connectivity index (χ1n) is 8.62. The SMILES string of the molecule is O=C(COc1ccc(Br)cc1)N(Cc1ccc(F)cc1)CC1CCCO1. The van der Waals surface area contributed by atoms with Gasteiger partial charge in [0.15, 0.2) is 6.61 Å². The fourth-order valence-corrected chi connectivity index (χ4v) is 3.13. The maximum Gasteiger partial charge on any atom is 0.260 e. The summed E-state index contributed by atoms with van der Waals surface area (Å²) in [6.07, 6.45) is 2.01. The fraction of sp³-hybridized carbons (Fsp3) is 0.350. The van der Waals surface area contributed by atoms with E-state index in [2.05, 4.69) is 15.9 Å². The van der Waals surface area contributed by atoms with Crippen molar-refractivity contribution in [3.8, 4) is 5.75 Å². The molecule has 0 radical (unpaired) electrons. The van der Waals surface area contributed by atoms with Gasteiger partial charge in [-0.2, -0.15) is 0 Å². The van der Waals surface area contributed by atoms with Crippen LogP contribution in [0.4, 0.5) is 4.39 Å². The molecular weight excluding hydrogens is 401 g/mol. The van der Waals surface area contributed by atoms with Crippen LogP contribution in [0.1, 0.15) is 18.4 Å². The molecule has 1 aliphatic heterocycles. The Hall–Kier alpha value is -1.92. The summed E-state index contributed by atoms with van der Waals surface area (Å²) >= 11 is 3.37. The van der Waals surface area contributed by atoms with E-state index in [9.17, 15) is 9.18 Å². The second-order valence-corrected chi connectivity index (χ2v) is 7.19. The molecule has 1 atom stereocenters. The van der Waals surface area contributed by atoms with E-state index >= 15 is 0 Å². The number of nitrogens with zero attached hydrogens (tertiary/aromatic N) is 1. The van der Waals surface area contributed by atoms with Crippen molar-refractivity contribution in [3.63, 3.8) is 0 Å². The Morgan fingerprint density at radius 1 is 1.19 bits per heavy atom. The minimum atomic E-state index is -0.288. The first-order valence-corrected chi connectivity index (χ1v) is 9.41. The van der Waals surface area contributed by atoms with Crippen LogP contribution < -0.4 is 4.74 Å². The van der Waals surface area contributed by atoms with Crippen LogP contribution in [0.25, 0.3) is 0 Å². The van der Waals surface area contributed by atoms with Gasteiger partial charge in [0.25, 0.3) is 5.91 Å². The predicted molar refractivity (Wildman–Crippen MR) is 100 cm³/mol. The number of ether oxygens (including phenoxy) is 2. The smallest absolute Gasteiger partial charge is 0.260 e. The Morgan fingerprint density at radius 3 is 2.58 bits per heavy atom. The van der Waals surface area contributed by atoms with Gasteiger partial charge >= 0.3 is 0 Å². The summed E-state index contributed by atoms with van der Waals surface area (Å²) in [5.41, 5.74) is 0.876. The number of rotatable bonds is 7. The van der Waals surface area contributed by atoms with Crippen molar-refractivity contribution < 1.29 is 18.7 Å². The van der Waals surface area contributed by atoms with Gasteiger partial charge in [-0.25, -0.2) is 4.39 Å². The number of hydrogen-bond donors (Lipinski definition) is 0. The lowest BCUT2D eigenvalue weighted by Crippen LogP contribution is -2.39. The Bertz CT molecular complexity index is 715. The normalized spacial score (nSPS) is 16.5. The summed E-state index contributed by atoms with van der Waals surface area (Å²) in [6.45, 7) is 1.61. The minimum Gasteiger partial charge on any atom is -0.484 e. The summed E-state index contributed by atoms with van der Waals surface area (Å²) < 4.78 is 25.4. The highest BCUT2D eigenvalue weighted by molar-refractivity contribution is 9.10. The quantitative estimate of drug-likeness (QED) is 0.672. The first-order chi connectivity index (χ1) is 12.6. The number of carbonyl (C=O) groups excluding carboxylic acids is 1. The van der Waals surface area contributed by atoms with Gasteiger partial charge in [-0.05, 0) is 54.8 Å². The van der Waals surface area contributed by atoms with Crippen molar-refractivity contribution in [2.24, 2.45) is 0 Å². The van der Waals surface area contributed by atoms with E-state index in [1.165, 1.54) is 12.1 Å². The topological polar surface area (TPSA) is 38.8 Å². The second kappa shape index (κ2) is 9.14. The molecule has 138 valence electrons. The van der Waals surface area contributed by atoms with Crippen molar-refractivity contribution in [2.75, 3.05) is 19.8 Å². The lowest BCUT2D eigenvalue weighted by molar-refractivity contribution is -0.135. The monoisotopic (exact) mass is 421 g/mol. The molecule has 1 amide bonds. The molecule has 26 heavy (non-hydrogen) atoms. The van der Waals surface area contributed by atoms with E-state index in [1.54, 1.807) is 17.0 Å². The van der Waals surface area contributed by atoms with Crippen molar-refractivity contribution in [3.05, 3.63) is 64.4 Å². The first kappa shape index (κ1) is 18.9. The highest BCUT2D eigenvalue weighted by Gasteiger charge is 2.23. The molecule has 4 nitrogen and oxygen atoms in total. The number of halogens is 2. The zero-order valence-electron chi connectivity index (χ0n) is 14.4. The maximum atomic E-state index is 13.1. The van der Waals surface area contributed by atoms with Crippen molar-refractivity contribution in [1.29, 1.82) is 0 Å². The van der Waals surface area contributed by atoms with E-state index in [0.717, 1.165) is 29.5 Å². The largest absolute Gasteiger partial charge is 0.484 e. The molecule has 0 aliphatic carbocycles. The third-order valence-electron chi connectivity index (χ3n) is 4.26. The van der Waals surface area contributed by atoms with Gasteiger partial charge in [-0.3, -0.25) is 4.79 Å². The maximum absolute atomic E-state index is 13.1.